The highest BCUT2D eigenvalue weighted by Crippen LogP contribution is 2.35. The molecular formula is C19H20Br2N4O5. The smallest absolute Gasteiger partial charge is 0.355 e. The first-order valence-corrected chi connectivity index (χ1v) is 10.4. The normalized spacial score (nSPS) is 11.1. The monoisotopic (exact) mass is 542 g/mol. The van der Waals surface area contributed by atoms with Gasteiger partial charge in [0.05, 0.1) is 34.6 Å². The molecule has 0 atom stereocenters. The van der Waals surface area contributed by atoms with Gasteiger partial charge >= 0.3 is 6.03 Å². The van der Waals surface area contributed by atoms with E-state index in [0.29, 0.717) is 44.8 Å². The van der Waals surface area contributed by atoms with Gasteiger partial charge in [-0.15, -0.1) is 0 Å². The Morgan fingerprint density at radius 1 is 0.900 bits per heavy atom. The number of carbonyl (C=O) groups is 1. The lowest BCUT2D eigenvalue weighted by Gasteiger charge is -2.08. The number of nitrogens with one attached hydrogen (secondary N) is 2. The van der Waals surface area contributed by atoms with Crippen LogP contribution in [0.1, 0.15) is 25.0 Å². The van der Waals surface area contributed by atoms with Crippen LogP contribution in [0.15, 0.2) is 43.4 Å². The Morgan fingerprint density at radius 3 is 1.67 bits per heavy atom. The first kappa shape index (κ1) is 23.5. The molecule has 2 aromatic rings. The minimum atomic E-state index is -0.659. The van der Waals surface area contributed by atoms with E-state index in [9.17, 15) is 15.0 Å². The van der Waals surface area contributed by atoms with Crippen LogP contribution in [-0.4, -0.2) is 41.9 Å². The van der Waals surface area contributed by atoms with E-state index < -0.39 is 6.03 Å². The molecule has 30 heavy (non-hydrogen) atoms. The minimum absolute atomic E-state index is 0.0117. The first-order valence-electron chi connectivity index (χ1n) is 8.78. The number of carbonyl (C=O) groups excluding carboxylic acids is 1. The number of ether oxygens (including phenoxy) is 2. The van der Waals surface area contributed by atoms with Crippen LogP contribution in [0.2, 0.25) is 0 Å². The average Bonchev–Trinajstić information content (AvgIpc) is 2.69. The molecule has 2 rings (SSSR count). The van der Waals surface area contributed by atoms with Crippen molar-refractivity contribution in [2.75, 3.05) is 13.2 Å². The lowest BCUT2D eigenvalue weighted by atomic mass is 10.2. The number of phenolic OH excluding ortho intramolecular Hbond substituents is 2. The summed E-state index contributed by atoms with van der Waals surface area (Å²) in [6.45, 7) is 4.38. The molecule has 0 heterocycles. The van der Waals surface area contributed by atoms with Crippen molar-refractivity contribution in [3.63, 3.8) is 0 Å². The predicted octanol–water partition coefficient (Wildman–Crippen LogP) is 4.09. The molecule has 0 aliphatic rings. The Balaban J connectivity index is 1.95. The van der Waals surface area contributed by atoms with Gasteiger partial charge in [-0.3, -0.25) is 0 Å². The molecule has 0 saturated carbocycles. The average molecular weight is 544 g/mol. The van der Waals surface area contributed by atoms with Crippen LogP contribution in [0.5, 0.6) is 23.0 Å². The van der Waals surface area contributed by atoms with E-state index in [2.05, 4.69) is 52.9 Å². The molecule has 9 nitrogen and oxygen atoms in total. The molecule has 2 amide bonds. The van der Waals surface area contributed by atoms with Crippen molar-refractivity contribution in [2.24, 2.45) is 10.2 Å². The van der Waals surface area contributed by atoms with E-state index >= 15 is 0 Å². The maximum absolute atomic E-state index is 11.8. The van der Waals surface area contributed by atoms with E-state index in [1.54, 1.807) is 38.1 Å². The number of aromatic hydroxyl groups is 2. The summed E-state index contributed by atoms with van der Waals surface area (Å²) in [5.41, 5.74) is 5.74. The highest BCUT2D eigenvalue weighted by molar-refractivity contribution is 9.10. The maximum Gasteiger partial charge on any atom is 0.355 e. The molecule has 160 valence electrons. The summed E-state index contributed by atoms with van der Waals surface area (Å²) in [7, 11) is 0. The second kappa shape index (κ2) is 11.4. The molecular weight excluding hydrogens is 524 g/mol. The van der Waals surface area contributed by atoms with Crippen molar-refractivity contribution in [3.05, 3.63) is 44.3 Å². The van der Waals surface area contributed by atoms with Crippen LogP contribution < -0.4 is 20.3 Å². The van der Waals surface area contributed by atoms with Crippen molar-refractivity contribution >= 4 is 50.3 Å². The van der Waals surface area contributed by atoms with Crippen LogP contribution in [0.4, 0.5) is 4.79 Å². The third-order valence-corrected chi connectivity index (χ3v) is 4.67. The number of hydrazone groups is 2. The van der Waals surface area contributed by atoms with E-state index in [1.165, 1.54) is 12.4 Å². The third kappa shape index (κ3) is 6.63. The summed E-state index contributed by atoms with van der Waals surface area (Å²) in [6, 6.07) is 5.76. The summed E-state index contributed by atoms with van der Waals surface area (Å²) in [5.74, 6) is 0.576. The summed E-state index contributed by atoms with van der Waals surface area (Å²) in [4.78, 5) is 11.8. The van der Waals surface area contributed by atoms with Crippen LogP contribution in [0, 0.1) is 0 Å². The summed E-state index contributed by atoms with van der Waals surface area (Å²) < 4.78 is 11.5. The van der Waals surface area contributed by atoms with Gasteiger partial charge in [0.25, 0.3) is 0 Å². The van der Waals surface area contributed by atoms with Gasteiger partial charge in [-0.2, -0.15) is 10.2 Å². The summed E-state index contributed by atoms with van der Waals surface area (Å²) >= 11 is 6.46. The fourth-order valence-corrected chi connectivity index (χ4v) is 3.14. The number of amides is 2. The van der Waals surface area contributed by atoms with E-state index in [0.717, 1.165) is 0 Å². The van der Waals surface area contributed by atoms with Gasteiger partial charge in [0.2, 0.25) is 0 Å². The second-order valence-electron chi connectivity index (χ2n) is 5.63. The number of benzene rings is 2. The van der Waals surface area contributed by atoms with Crippen LogP contribution in [-0.2, 0) is 0 Å². The molecule has 0 aliphatic heterocycles. The van der Waals surface area contributed by atoms with Crippen molar-refractivity contribution in [2.45, 2.75) is 13.8 Å². The second-order valence-corrected chi connectivity index (χ2v) is 7.34. The van der Waals surface area contributed by atoms with Gasteiger partial charge in [-0.25, -0.2) is 15.6 Å². The van der Waals surface area contributed by atoms with E-state index in [1.807, 2.05) is 0 Å². The Labute approximate surface area is 190 Å². The largest absolute Gasteiger partial charge is 0.503 e. The zero-order valence-corrected chi connectivity index (χ0v) is 19.3. The standard InChI is InChI=1S/C19H20Br2N4O5/c1-3-29-15-7-11(5-13(20)17(15)26)9-22-24-19(28)25-23-10-12-6-14(21)18(27)16(8-12)30-4-2/h5-10,26-27H,3-4H2,1-2H3,(H2,24,25,28)/b22-9+,23-10?. The Bertz CT molecular complexity index is 891. The topological polar surface area (TPSA) is 125 Å². The van der Waals surface area contributed by atoms with Crippen molar-refractivity contribution in [3.8, 4) is 23.0 Å². The predicted molar refractivity (Wildman–Crippen MR) is 121 cm³/mol. The molecule has 11 heteroatoms. The number of urea groups is 1. The highest BCUT2D eigenvalue weighted by Gasteiger charge is 2.09. The Morgan fingerprint density at radius 2 is 1.30 bits per heavy atom. The molecule has 0 aromatic heterocycles. The lowest BCUT2D eigenvalue weighted by molar-refractivity contribution is 0.242. The molecule has 0 aliphatic carbocycles. The molecule has 0 bridgehead atoms. The Hall–Kier alpha value is -2.79. The number of nitrogens with zero attached hydrogens (tertiary/aromatic N) is 2. The number of hydrogen-bond donors (Lipinski definition) is 4. The molecule has 0 saturated heterocycles. The third-order valence-electron chi connectivity index (χ3n) is 3.46. The maximum atomic E-state index is 11.8. The Kier molecular flexibility index (Phi) is 8.93. The lowest BCUT2D eigenvalue weighted by Crippen LogP contribution is -2.28. The van der Waals surface area contributed by atoms with Gasteiger partial charge < -0.3 is 19.7 Å². The summed E-state index contributed by atoms with van der Waals surface area (Å²) in [6.07, 6.45) is 2.78. The number of hydrogen-bond acceptors (Lipinski definition) is 7. The number of phenols is 2. The van der Waals surface area contributed by atoms with Gasteiger partial charge in [0.15, 0.2) is 23.0 Å². The number of halogens is 2. The fourth-order valence-electron chi connectivity index (χ4n) is 2.22. The summed E-state index contributed by atoms with van der Waals surface area (Å²) in [5, 5.41) is 27.4. The van der Waals surface area contributed by atoms with Crippen LogP contribution in [0.3, 0.4) is 0 Å². The van der Waals surface area contributed by atoms with Gasteiger partial charge in [-0.1, -0.05) is 0 Å². The first-order chi connectivity index (χ1) is 14.3. The molecule has 4 N–H and O–H groups in total. The molecule has 2 aromatic carbocycles. The highest BCUT2D eigenvalue weighted by atomic mass is 79.9. The van der Waals surface area contributed by atoms with Crippen LogP contribution >= 0.6 is 31.9 Å². The fraction of sp³-hybridized carbons (Fsp3) is 0.211. The van der Waals surface area contributed by atoms with E-state index in [-0.39, 0.29) is 11.5 Å². The van der Waals surface area contributed by atoms with Gasteiger partial charge in [-0.05, 0) is 81.1 Å². The quantitative estimate of drug-likeness (QED) is 0.295. The molecule has 0 radical (unpaired) electrons. The van der Waals surface area contributed by atoms with E-state index in [4.69, 9.17) is 9.47 Å². The van der Waals surface area contributed by atoms with Crippen molar-refractivity contribution < 1.29 is 24.5 Å². The molecule has 0 unspecified atom stereocenters. The molecule has 0 spiro atoms. The SMILES string of the molecule is CCOc1cc(C=NNC(=O)N/N=C/c2cc(Br)c(O)c(OCC)c2)cc(Br)c1O. The zero-order valence-electron chi connectivity index (χ0n) is 16.1. The molecule has 0 fully saturated rings. The van der Waals surface area contributed by atoms with Gasteiger partial charge in [0.1, 0.15) is 0 Å². The van der Waals surface area contributed by atoms with Crippen LogP contribution in [0.25, 0.3) is 0 Å². The minimum Gasteiger partial charge on any atom is -0.503 e. The zero-order chi connectivity index (χ0) is 22.1. The van der Waals surface area contributed by atoms with Crippen molar-refractivity contribution in [1.82, 2.24) is 10.9 Å². The van der Waals surface area contributed by atoms with Crippen molar-refractivity contribution in [1.29, 1.82) is 0 Å². The number of rotatable bonds is 8. The van der Waals surface area contributed by atoms with Gasteiger partial charge in [0, 0.05) is 0 Å².